The first-order valence-corrected chi connectivity index (χ1v) is 6.57. The van der Waals surface area contributed by atoms with Gasteiger partial charge in [0.1, 0.15) is 0 Å². The van der Waals surface area contributed by atoms with E-state index in [1.54, 1.807) is 0 Å². The summed E-state index contributed by atoms with van der Waals surface area (Å²) in [7, 11) is 0. The number of nitrogens with zero attached hydrogens (tertiary/aromatic N) is 1. The molecule has 0 amide bonds. The lowest BCUT2D eigenvalue weighted by atomic mass is 10.1. The minimum absolute atomic E-state index is 0.589. The first-order chi connectivity index (χ1) is 7.99. The number of nitrogens with two attached hydrogens (primary N) is 1. The molecule has 1 aromatic carbocycles. The summed E-state index contributed by atoms with van der Waals surface area (Å²) in [6.45, 7) is 11.3. The smallest absolute Gasteiger partial charge is 0.0314 e. The first kappa shape index (κ1) is 14.0. The third-order valence-electron chi connectivity index (χ3n) is 3.09. The minimum atomic E-state index is 0.589. The van der Waals surface area contributed by atoms with Gasteiger partial charge in [-0.15, -0.1) is 0 Å². The Morgan fingerprint density at radius 3 is 2.12 bits per heavy atom. The van der Waals surface area contributed by atoms with E-state index in [-0.39, 0.29) is 0 Å². The van der Waals surface area contributed by atoms with Crippen molar-refractivity contribution in [3.63, 3.8) is 0 Å². The van der Waals surface area contributed by atoms with E-state index in [0.29, 0.717) is 6.04 Å². The molecule has 0 radical (unpaired) electrons. The molecular weight excluding hydrogens is 208 g/mol. The van der Waals surface area contributed by atoms with Gasteiger partial charge in [0.2, 0.25) is 0 Å². The highest BCUT2D eigenvalue weighted by Crippen LogP contribution is 2.12. The van der Waals surface area contributed by atoms with Crippen molar-refractivity contribution in [1.29, 1.82) is 0 Å². The Morgan fingerprint density at radius 2 is 1.65 bits per heavy atom. The van der Waals surface area contributed by atoms with Crippen LogP contribution in [0.25, 0.3) is 0 Å². The van der Waals surface area contributed by atoms with E-state index >= 15 is 0 Å². The number of hydrogen-bond donors (Lipinski definition) is 1. The molecular formula is C15H26N2. The summed E-state index contributed by atoms with van der Waals surface area (Å²) < 4.78 is 0. The quantitative estimate of drug-likeness (QED) is 0.763. The Labute approximate surface area is 106 Å². The van der Waals surface area contributed by atoms with Gasteiger partial charge in [0.05, 0.1) is 0 Å². The van der Waals surface area contributed by atoms with Gasteiger partial charge in [0, 0.05) is 18.3 Å². The zero-order valence-electron chi connectivity index (χ0n) is 11.6. The van der Waals surface area contributed by atoms with Gasteiger partial charge < -0.3 is 5.73 Å². The predicted octanol–water partition coefficient (Wildman–Crippen LogP) is 3.53. The summed E-state index contributed by atoms with van der Waals surface area (Å²) in [6.07, 6.45) is 1.26. The Balaban J connectivity index is 2.57. The average Bonchev–Trinajstić information content (AvgIpc) is 2.26. The Bertz CT molecular complexity index is 314. The number of rotatable bonds is 6. The van der Waals surface area contributed by atoms with Crippen LogP contribution in [0.5, 0.6) is 0 Å². The van der Waals surface area contributed by atoms with E-state index in [0.717, 1.165) is 18.2 Å². The topological polar surface area (TPSA) is 29.3 Å². The maximum atomic E-state index is 5.70. The van der Waals surface area contributed by atoms with Crippen molar-refractivity contribution in [1.82, 2.24) is 4.90 Å². The average molecular weight is 234 g/mol. The van der Waals surface area contributed by atoms with Gasteiger partial charge in [-0.1, -0.05) is 26.0 Å². The fraction of sp³-hybridized carbons (Fsp3) is 0.600. The van der Waals surface area contributed by atoms with E-state index in [1.807, 2.05) is 12.1 Å². The third kappa shape index (κ3) is 5.22. The zero-order valence-corrected chi connectivity index (χ0v) is 11.6. The Morgan fingerprint density at radius 1 is 1.06 bits per heavy atom. The molecule has 0 aliphatic heterocycles. The number of nitrogen functional groups attached to an aromatic ring is 1. The molecule has 0 aliphatic rings. The highest BCUT2D eigenvalue weighted by atomic mass is 15.1. The molecule has 0 unspecified atom stereocenters. The maximum absolute atomic E-state index is 5.70. The van der Waals surface area contributed by atoms with Crippen LogP contribution in [0.4, 0.5) is 5.69 Å². The zero-order chi connectivity index (χ0) is 12.8. The molecule has 0 aromatic heterocycles. The van der Waals surface area contributed by atoms with Crippen LogP contribution in [0.2, 0.25) is 0 Å². The molecule has 0 saturated heterocycles. The summed E-state index contributed by atoms with van der Waals surface area (Å²) in [5, 5.41) is 0. The Kier molecular flexibility index (Phi) is 5.49. The summed E-state index contributed by atoms with van der Waals surface area (Å²) in [5.41, 5.74) is 7.89. The van der Waals surface area contributed by atoms with E-state index in [9.17, 15) is 0 Å². The summed E-state index contributed by atoms with van der Waals surface area (Å²) in [6, 6.07) is 8.80. The lowest BCUT2D eigenvalue weighted by molar-refractivity contribution is 0.201. The van der Waals surface area contributed by atoms with Gasteiger partial charge in [-0.2, -0.15) is 0 Å². The summed E-state index contributed by atoms with van der Waals surface area (Å²) in [4.78, 5) is 2.52. The Hall–Kier alpha value is -1.02. The van der Waals surface area contributed by atoms with Crippen LogP contribution in [0.1, 0.15) is 39.7 Å². The fourth-order valence-corrected chi connectivity index (χ4v) is 1.80. The molecule has 17 heavy (non-hydrogen) atoms. The molecule has 0 heterocycles. The number of hydrogen-bond acceptors (Lipinski definition) is 2. The SMILES string of the molecule is CC(C)CCN(Cc1ccc(N)cc1)C(C)C. The second-order valence-corrected chi connectivity index (χ2v) is 5.49. The van der Waals surface area contributed by atoms with E-state index in [4.69, 9.17) is 5.73 Å². The highest BCUT2D eigenvalue weighted by molar-refractivity contribution is 5.39. The van der Waals surface area contributed by atoms with Gasteiger partial charge in [-0.05, 0) is 50.4 Å². The number of benzene rings is 1. The normalized spacial score (nSPS) is 11.7. The van der Waals surface area contributed by atoms with Gasteiger partial charge in [0.15, 0.2) is 0 Å². The van der Waals surface area contributed by atoms with E-state index in [1.165, 1.54) is 18.5 Å². The molecule has 0 spiro atoms. The first-order valence-electron chi connectivity index (χ1n) is 6.57. The fourth-order valence-electron chi connectivity index (χ4n) is 1.80. The maximum Gasteiger partial charge on any atom is 0.0314 e. The molecule has 0 fully saturated rings. The van der Waals surface area contributed by atoms with Crippen molar-refractivity contribution in [2.75, 3.05) is 12.3 Å². The largest absolute Gasteiger partial charge is 0.399 e. The van der Waals surface area contributed by atoms with Crippen molar-refractivity contribution in [3.8, 4) is 0 Å². The molecule has 2 heteroatoms. The molecule has 0 aliphatic carbocycles. The van der Waals surface area contributed by atoms with Crippen LogP contribution in [0.3, 0.4) is 0 Å². The van der Waals surface area contributed by atoms with Crippen LogP contribution < -0.4 is 5.73 Å². The van der Waals surface area contributed by atoms with Gasteiger partial charge in [-0.3, -0.25) is 4.90 Å². The molecule has 2 N–H and O–H groups in total. The minimum Gasteiger partial charge on any atom is -0.399 e. The molecule has 2 nitrogen and oxygen atoms in total. The van der Waals surface area contributed by atoms with Gasteiger partial charge in [0.25, 0.3) is 0 Å². The lowest BCUT2D eigenvalue weighted by Crippen LogP contribution is -2.31. The second-order valence-electron chi connectivity index (χ2n) is 5.49. The lowest BCUT2D eigenvalue weighted by Gasteiger charge is -2.27. The van der Waals surface area contributed by atoms with Crippen molar-refractivity contribution in [3.05, 3.63) is 29.8 Å². The van der Waals surface area contributed by atoms with Gasteiger partial charge >= 0.3 is 0 Å². The highest BCUT2D eigenvalue weighted by Gasteiger charge is 2.10. The van der Waals surface area contributed by atoms with Crippen LogP contribution >= 0.6 is 0 Å². The van der Waals surface area contributed by atoms with Crippen molar-refractivity contribution in [2.24, 2.45) is 5.92 Å². The molecule has 0 atom stereocenters. The third-order valence-corrected chi connectivity index (χ3v) is 3.09. The van der Waals surface area contributed by atoms with Crippen LogP contribution in [0.15, 0.2) is 24.3 Å². The van der Waals surface area contributed by atoms with E-state index < -0.39 is 0 Å². The monoisotopic (exact) mass is 234 g/mol. The summed E-state index contributed by atoms with van der Waals surface area (Å²) in [5.74, 6) is 0.766. The standard InChI is InChI=1S/C15H26N2/c1-12(2)9-10-17(13(3)4)11-14-5-7-15(16)8-6-14/h5-8,12-13H,9-11,16H2,1-4H3. The van der Waals surface area contributed by atoms with Gasteiger partial charge in [-0.25, -0.2) is 0 Å². The molecule has 0 saturated carbocycles. The molecule has 1 rings (SSSR count). The molecule has 0 bridgehead atoms. The van der Waals surface area contributed by atoms with Crippen molar-refractivity contribution >= 4 is 5.69 Å². The number of anilines is 1. The predicted molar refractivity (Wildman–Crippen MR) is 75.9 cm³/mol. The van der Waals surface area contributed by atoms with Crippen molar-refractivity contribution in [2.45, 2.75) is 46.7 Å². The summed E-state index contributed by atoms with van der Waals surface area (Å²) >= 11 is 0. The van der Waals surface area contributed by atoms with Crippen molar-refractivity contribution < 1.29 is 0 Å². The van der Waals surface area contributed by atoms with Crippen LogP contribution in [-0.4, -0.2) is 17.5 Å². The van der Waals surface area contributed by atoms with Crippen LogP contribution in [0, 0.1) is 5.92 Å². The van der Waals surface area contributed by atoms with Crippen LogP contribution in [-0.2, 0) is 6.54 Å². The molecule has 1 aromatic rings. The van der Waals surface area contributed by atoms with E-state index in [2.05, 4.69) is 44.7 Å². The molecule has 96 valence electrons. The second kappa shape index (κ2) is 6.65.